The van der Waals surface area contributed by atoms with Gasteiger partial charge in [-0.1, -0.05) is 18.2 Å². The van der Waals surface area contributed by atoms with Gasteiger partial charge in [-0.3, -0.25) is 4.90 Å². The third kappa shape index (κ3) is 3.45. The van der Waals surface area contributed by atoms with Gasteiger partial charge in [-0.2, -0.15) is 11.8 Å². The second kappa shape index (κ2) is 7.65. The number of thioether (sulfide) groups is 1. The molecule has 3 aliphatic rings. The van der Waals surface area contributed by atoms with Gasteiger partial charge in [0.15, 0.2) is 0 Å². The summed E-state index contributed by atoms with van der Waals surface area (Å²) in [4.78, 5) is 2.68. The van der Waals surface area contributed by atoms with E-state index in [4.69, 9.17) is 9.47 Å². The van der Waals surface area contributed by atoms with Crippen LogP contribution in [-0.4, -0.2) is 61.4 Å². The van der Waals surface area contributed by atoms with E-state index >= 15 is 0 Å². The molecule has 1 N–H and O–H groups in total. The summed E-state index contributed by atoms with van der Waals surface area (Å²) in [5.41, 5.74) is 1.63. The van der Waals surface area contributed by atoms with E-state index in [1.54, 1.807) is 0 Å². The lowest BCUT2D eigenvalue weighted by Crippen LogP contribution is -2.58. The second-order valence-electron chi connectivity index (χ2n) is 7.09. The Morgan fingerprint density at radius 3 is 2.92 bits per heavy atom. The van der Waals surface area contributed by atoms with Gasteiger partial charge < -0.3 is 14.8 Å². The minimum Gasteiger partial charge on any atom is -0.493 e. The van der Waals surface area contributed by atoms with Crippen LogP contribution in [0, 0.1) is 0 Å². The fourth-order valence-electron chi connectivity index (χ4n) is 4.18. The molecule has 0 spiro atoms. The maximum absolute atomic E-state index is 5.92. The molecule has 24 heavy (non-hydrogen) atoms. The maximum Gasteiger partial charge on any atom is 0.124 e. The van der Waals surface area contributed by atoms with Gasteiger partial charge in [0.05, 0.1) is 19.8 Å². The molecule has 0 aromatic heterocycles. The van der Waals surface area contributed by atoms with Crippen LogP contribution in [-0.2, 0) is 4.74 Å². The van der Waals surface area contributed by atoms with Gasteiger partial charge in [0, 0.05) is 42.5 Å². The molecular weight excluding hydrogens is 320 g/mol. The number of nitrogens with one attached hydrogen (secondary N) is 1. The lowest BCUT2D eigenvalue weighted by Gasteiger charge is -2.43. The first-order valence-corrected chi connectivity index (χ1v) is 10.4. The third-order valence-electron chi connectivity index (χ3n) is 5.63. The standard InChI is InChI=1S/C19H28N2O2S/c1-2-6-18-16(4-1)17(5-3-10-23-18)20-14-19(7-13-24-15-19)21-8-11-22-12-9-21/h1-2,4,6,17,20H,3,5,7-15H2/t17-,19-/m0/s1. The number of benzene rings is 1. The number of para-hydroxylation sites is 1. The Morgan fingerprint density at radius 1 is 1.21 bits per heavy atom. The van der Waals surface area contributed by atoms with Crippen LogP contribution < -0.4 is 10.1 Å². The van der Waals surface area contributed by atoms with E-state index in [0.717, 1.165) is 58.0 Å². The molecular formula is C19H28N2O2S. The first-order valence-electron chi connectivity index (χ1n) is 9.23. The lowest BCUT2D eigenvalue weighted by atomic mass is 9.93. The Balaban J connectivity index is 1.48. The molecule has 5 heteroatoms. The molecule has 4 nitrogen and oxygen atoms in total. The van der Waals surface area contributed by atoms with Crippen molar-refractivity contribution in [1.29, 1.82) is 0 Å². The van der Waals surface area contributed by atoms with Gasteiger partial charge >= 0.3 is 0 Å². The third-order valence-corrected chi connectivity index (χ3v) is 6.87. The summed E-state index contributed by atoms with van der Waals surface area (Å²) in [6, 6.07) is 8.95. The topological polar surface area (TPSA) is 33.7 Å². The quantitative estimate of drug-likeness (QED) is 0.905. The summed E-state index contributed by atoms with van der Waals surface area (Å²) in [5.74, 6) is 3.59. The zero-order valence-electron chi connectivity index (χ0n) is 14.3. The molecule has 0 radical (unpaired) electrons. The largest absolute Gasteiger partial charge is 0.493 e. The minimum atomic E-state index is 0.302. The van der Waals surface area contributed by atoms with E-state index in [0.29, 0.717) is 11.6 Å². The van der Waals surface area contributed by atoms with Crippen LogP contribution in [0.25, 0.3) is 0 Å². The van der Waals surface area contributed by atoms with Crippen molar-refractivity contribution in [3.63, 3.8) is 0 Å². The summed E-state index contributed by atoms with van der Waals surface area (Å²) in [7, 11) is 0. The number of morpholine rings is 1. The van der Waals surface area contributed by atoms with Gasteiger partial charge in [-0.15, -0.1) is 0 Å². The highest BCUT2D eigenvalue weighted by atomic mass is 32.2. The van der Waals surface area contributed by atoms with Gasteiger partial charge in [-0.05, 0) is 31.1 Å². The van der Waals surface area contributed by atoms with Gasteiger partial charge in [-0.25, -0.2) is 0 Å². The monoisotopic (exact) mass is 348 g/mol. The molecule has 2 fully saturated rings. The minimum absolute atomic E-state index is 0.302. The predicted molar refractivity (Wildman–Crippen MR) is 99.0 cm³/mol. The summed E-state index contributed by atoms with van der Waals surface area (Å²) in [6.45, 7) is 5.82. The van der Waals surface area contributed by atoms with E-state index in [1.807, 2.05) is 0 Å². The second-order valence-corrected chi connectivity index (χ2v) is 8.19. The van der Waals surface area contributed by atoms with Crippen molar-refractivity contribution in [3.8, 4) is 5.75 Å². The van der Waals surface area contributed by atoms with Crippen molar-refractivity contribution < 1.29 is 9.47 Å². The van der Waals surface area contributed by atoms with E-state index in [-0.39, 0.29) is 0 Å². The maximum atomic E-state index is 5.92. The molecule has 0 amide bonds. The number of hydrogen-bond acceptors (Lipinski definition) is 5. The normalized spacial score (nSPS) is 31.2. The number of rotatable bonds is 4. The molecule has 4 rings (SSSR count). The first kappa shape index (κ1) is 16.7. The molecule has 1 aromatic carbocycles. The molecule has 0 bridgehead atoms. The SMILES string of the molecule is c1ccc2c(c1)OCCC[C@@H]2NC[C@@]1(N2CCOCC2)CCSC1. The van der Waals surface area contributed by atoms with Crippen LogP contribution in [0.5, 0.6) is 5.75 Å². The van der Waals surface area contributed by atoms with Gasteiger partial charge in [0.1, 0.15) is 5.75 Å². The van der Waals surface area contributed by atoms with Crippen molar-refractivity contribution in [2.75, 3.05) is 51.0 Å². The highest BCUT2D eigenvalue weighted by Gasteiger charge is 2.41. The van der Waals surface area contributed by atoms with E-state index in [9.17, 15) is 0 Å². The van der Waals surface area contributed by atoms with Crippen molar-refractivity contribution >= 4 is 11.8 Å². The van der Waals surface area contributed by atoms with E-state index < -0.39 is 0 Å². The zero-order chi connectivity index (χ0) is 16.2. The molecule has 2 saturated heterocycles. The Bertz CT molecular complexity index is 542. The number of ether oxygens (including phenoxy) is 2. The number of hydrogen-bond donors (Lipinski definition) is 1. The molecule has 0 saturated carbocycles. The van der Waals surface area contributed by atoms with Crippen LogP contribution in [0.15, 0.2) is 24.3 Å². The van der Waals surface area contributed by atoms with Crippen molar-refractivity contribution in [2.24, 2.45) is 0 Å². The van der Waals surface area contributed by atoms with Crippen LogP contribution in [0.4, 0.5) is 0 Å². The summed E-state index contributed by atoms with van der Waals surface area (Å²) in [5, 5.41) is 3.92. The van der Waals surface area contributed by atoms with Gasteiger partial charge in [0.2, 0.25) is 0 Å². The molecule has 0 unspecified atom stereocenters. The summed E-state index contributed by atoms with van der Waals surface area (Å²) >= 11 is 2.10. The molecule has 2 atom stereocenters. The molecule has 0 aliphatic carbocycles. The van der Waals surface area contributed by atoms with Crippen molar-refractivity contribution in [1.82, 2.24) is 10.2 Å². The van der Waals surface area contributed by atoms with E-state index in [1.165, 1.54) is 23.5 Å². The smallest absolute Gasteiger partial charge is 0.124 e. The van der Waals surface area contributed by atoms with E-state index in [2.05, 4.69) is 46.2 Å². The average molecular weight is 349 g/mol. The van der Waals surface area contributed by atoms with Gasteiger partial charge in [0.25, 0.3) is 0 Å². The van der Waals surface area contributed by atoms with Crippen LogP contribution in [0.2, 0.25) is 0 Å². The van der Waals surface area contributed by atoms with Crippen LogP contribution in [0.1, 0.15) is 30.9 Å². The average Bonchev–Trinajstić information content (AvgIpc) is 3.03. The Hall–Kier alpha value is -0.750. The van der Waals surface area contributed by atoms with Crippen LogP contribution >= 0.6 is 11.8 Å². The van der Waals surface area contributed by atoms with Crippen molar-refractivity contribution in [2.45, 2.75) is 30.8 Å². The number of nitrogens with zero attached hydrogens (tertiary/aromatic N) is 1. The fraction of sp³-hybridized carbons (Fsp3) is 0.684. The Labute approximate surface area is 149 Å². The highest BCUT2D eigenvalue weighted by Crippen LogP contribution is 2.36. The summed E-state index contributed by atoms with van der Waals surface area (Å²) < 4.78 is 11.5. The predicted octanol–water partition coefficient (Wildman–Crippen LogP) is 2.70. The Morgan fingerprint density at radius 2 is 2.08 bits per heavy atom. The van der Waals surface area contributed by atoms with Crippen LogP contribution in [0.3, 0.4) is 0 Å². The molecule has 3 heterocycles. The fourth-order valence-corrected chi connectivity index (χ4v) is 5.66. The number of fused-ring (bicyclic) bond motifs is 1. The first-order chi connectivity index (χ1) is 11.9. The summed E-state index contributed by atoms with van der Waals surface area (Å²) in [6.07, 6.45) is 3.56. The molecule has 132 valence electrons. The lowest BCUT2D eigenvalue weighted by molar-refractivity contribution is -0.0141. The molecule has 1 aromatic rings. The highest BCUT2D eigenvalue weighted by molar-refractivity contribution is 7.99. The molecule has 3 aliphatic heterocycles. The Kier molecular flexibility index (Phi) is 5.32. The van der Waals surface area contributed by atoms with Crippen molar-refractivity contribution in [3.05, 3.63) is 29.8 Å². The zero-order valence-corrected chi connectivity index (χ0v) is 15.2.